The molecule has 2 aromatic rings. The number of anilines is 1. The van der Waals surface area contributed by atoms with Gasteiger partial charge in [-0.25, -0.2) is 0 Å². The summed E-state index contributed by atoms with van der Waals surface area (Å²) >= 11 is 3.49. The summed E-state index contributed by atoms with van der Waals surface area (Å²) in [4.78, 5) is 0. The van der Waals surface area contributed by atoms with Crippen molar-refractivity contribution in [2.45, 2.75) is 32.7 Å². The van der Waals surface area contributed by atoms with E-state index in [9.17, 15) is 0 Å². The van der Waals surface area contributed by atoms with E-state index in [4.69, 9.17) is 5.26 Å². The molecule has 110 valence electrons. The fourth-order valence-corrected chi connectivity index (χ4v) is 2.74. The van der Waals surface area contributed by atoms with Gasteiger partial charge in [-0.05, 0) is 34.1 Å². The van der Waals surface area contributed by atoms with Crippen LogP contribution in [0.2, 0.25) is 0 Å². The molecule has 1 N–H and O–H groups in total. The van der Waals surface area contributed by atoms with Gasteiger partial charge in [0.15, 0.2) is 0 Å². The molecule has 21 heavy (non-hydrogen) atoms. The number of nitriles is 1. The Labute approximate surface area is 133 Å². The van der Waals surface area contributed by atoms with E-state index in [-0.39, 0.29) is 5.41 Å². The number of aryl methyl sites for hydroxylation is 1. The van der Waals surface area contributed by atoms with Crippen LogP contribution in [0.4, 0.5) is 5.69 Å². The molecule has 0 amide bonds. The van der Waals surface area contributed by atoms with Crippen molar-refractivity contribution in [3.8, 4) is 6.07 Å². The number of aromatic nitrogens is 2. The lowest BCUT2D eigenvalue weighted by Gasteiger charge is -2.18. The molecule has 1 heterocycles. The summed E-state index contributed by atoms with van der Waals surface area (Å²) in [5.41, 5.74) is 3.91. The molecule has 1 aromatic heterocycles. The molecular weight excluding hydrogens is 328 g/mol. The van der Waals surface area contributed by atoms with Crippen molar-refractivity contribution in [2.75, 3.05) is 5.32 Å². The van der Waals surface area contributed by atoms with Crippen molar-refractivity contribution in [3.05, 3.63) is 45.7 Å². The molecule has 0 aliphatic rings. The number of halogens is 1. The predicted molar refractivity (Wildman–Crippen MR) is 88.1 cm³/mol. The molecule has 0 saturated carbocycles. The van der Waals surface area contributed by atoms with E-state index in [0.717, 1.165) is 15.9 Å². The van der Waals surface area contributed by atoms with Crippen molar-refractivity contribution < 1.29 is 0 Å². The Kier molecular flexibility index (Phi) is 4.38. The van der Waals surface area contributed by atoms with Crippen LogP contribution in [0.3, 0.4) is 0 Å². The van der Waals surface area contributed by atoms with Gasteiger partial charge in [-0.1, -0.05) is 20.8 Å². The van der Waals surface area contributed by atoms with Gasteiger partial charge in [0.25, 0.3) is 0 Å². The quantitative estimate of drug-likeness (QED) is 0.914. The molecular formula is C16H19BrN4. The van der Waals surface area contributed by atoms with Crippen molar-refractivity contribution in [3.63, 3.8) is 0 Å². The van der Waals surface area contributed by atoms with Crippen molar-refractivity contribution in [1.82, 2.24) is 9.78 Å². The van der Waals surface area contributed by atoms with E-state index in [1.165, 1.54) is 5.56 Å². The number of hydrogen-bond donors (Lipinski definition) is 1. The Morgan fingerprint density at radius 3 is 2.67 bits per heavy atom. The van der Waals surface area contributed by atoms with Gasteiger partial charge in [-0.3, -0.25) is 4.68 Å². The third-order valence-corrected chi connectivity index (χ3v) is 3.84. The third kappa shape index (κ3) is 3.64. The van der Waals surface area contributed by atoms with Crippen LogP contribution >= 0.6 is 15.9 Å². The van der Waals surface area contributed by atoms with E-state index >= 15 is 0 Å². The van der Waals surface area contributed by atoms with Gasteiger partial charge in [0.2, 0.25) is 0 Å². The van der Waals surface area contributed by atoms with Gasteiger partial charge < -0.3 is 5.32 Å². The number of hydrogen-bond acceptors (Lipinski definition) is 3. The summed E-state index contributed by atoms with van der Waals surface area (Å²) in [5, 5.41) is 16.8. The van der Waals surface area contributed by atoms with E-state index in [1.807, 2.05) is 30.1 Å². The standard InChI is InChI=1S/C16H19BrN4/c1-16(2,3)15-12(10-21(4)20-15)9-19-14-6-5-11(8-18)7-13(14)17/h5-7,10,19H,9H2,1-4H3. The highest BCUT2D eigenvalue weighted by molar-refractivity contribution is 9.10. The van der Waals surface area contributed by atoms with Gasteiger partial charge in [0, 0.05) is 40.9 Å². The maximum atomic E-state index is 8.89. The minimum atomic E-state index is 0.0141. The Hall–Kier alpha value is -1.80. The summed E-state index contributed by atoms with van der Waals surface area (Å²) in [5.74, 6) is 0. The van der Waals surface area contributed by atoms with Gasteiger partial charge in [0.05, 0.1) is 17.3 Å². The molecule has 1 aromatic carbocycles. The second-order valence-corrected chi connectivity index (χ2v) is 6.94. The van der Waals surface area contributed by atoms with E-state index in [2.05, 4.69) is 53.2 Å². The van der Waals surface area contributed by atoms with E-state index in [0.29, 0.717) is 12.1 Å². The highest BCUT2D eigenvalue weighted by Crippen LogP contribution is 2.27. The van der Waals surface area contributed by atoms with Crippen LogP contribution in [0, 0.1) is 11.3 Å². The SMILES string of the molecule is Cn1cc(CNc2ccc(C#N)cc2Br)c(C(C)(C)C)n1. The van der Waals surface area contributed by atoms with Crippen LogP contribution in [-0.4, -0.2) is 9.78 Å². The Bertz CT molecular complexity index is 689. The normalized spacial score (nSPS) is 11.2. The van der Waals surface area contributed by atoms with Gasteiger partial charge in [0.1, 0.15) is 0 Å². The lowest BCUT2D eigenvalue weighted by atomic mass is 9.89. The smallest absolute Gasteiger partial charge is 0.0992 e. The molecule has 0 aliphatic heterocycles. The molecule has 0 spiro atoms. The van der Waals surface area contributed by atoms with Gasteiger partial charge in [-0.15, -0.1) is 0 Å². The van der Waals surface area contributed by atoms with Gasteiger partial charge in [-0.2, -0.15) is 10.4 Å². The molecule has 0 saturated heterocycles. The lowest BCUT2D eigenvalue weighted by molar-refractivity contribution is 0.549. The number of rotatable bonds is 3. The zero-order chi connectivity index (χ0) is 15.6. The molecule has 5 heteroatoms. The number of nitrogens with zero attached hydrogens (tertiary/aromatic N) is 3. The molecule has 0 radical (unpaired) electrons. The van der Waals surface area contributed by atoms with Crippen molar-refractivity contribution in [2.24, 2.45) is 7.05 Å². The largest absolute Gasteiger partial charge is 0.380 e. The minimum Gasteiger partial charge on any atom is -0.380 e. The summed E-state index contributed by atoms with van der Waals surface area (Å²) < 4.78 is 2.74. The van der Waals surface area contributed by atoms with Crippen LogP contribution in [0.5, 0.6) is 0 Å². The first-order valence-corrected chi connectivity index (χ1v) is 7.57. The molecule has 0 aliphatic carbocycles. The van der Waals surface area contributed by atoms with Gasteiger partial charge >= 0.3 is 0 Å². The second kappa shape index (κ2) is 5.90. The van der Waals surface area contributed by atoms with Crippen LogP contribution in [-0.2, 0) is 19.0 Å². The Balaban J connectivity index is 2.19. The van der Waals surface area contributed by atoms with Crippen molar-refractivity contribution in [1.29, 1.82) is 5.26 Å². The highest BCUT2D eigenvalue weighted by Gasteiger charge is 2.21. The fraction of sp³-hybridized carbons (Fsp3) is 0.375. The summed E-state index contributed by atoms with van der Waals surface area (Å²) in [6.45, 7) is 7.19. The maximum absolute atomic E-state index is 8.89. The molecule has 2 rings (SSSR count). The zero-order valence-corrected chi connectivity index (χ0v) is 14.3. The molecule has 0 atom stereocenters. The van der Waals surface area contributed by atoms with Crippen LogP contribution in [0.15, 0.2) is 28.9 Å². The topological polar surface area (TPSA) is 53.6 Å². The van der Waals surface area contributed by atoms with E-state index < -0.39 is 0 Å². The molecule has 0 unspecified atom stereocenters. The Morgan fingerprint density at radius 2 is 2.10 bits per heavy atom. The summed E-state index contributed by atoms with van der Waals surface area (Å²) in [6.07, 6.45) is 2.05. The second-order valence-electron chi connectivity index (χ2n) is 6.09. The Morgan fingerprint density at radius 1 is 1.38 bits per heavy atom. The number of nitrogens with one attached hydrogen (secondary N) is 1. The van der Waals surface area contributed by atoms with Crippen LogP contribution < -0.4 is 5.32 Å². The van der Waals surface area contributed by atoms with E-state index in [1.54, 1.807) is 6.07 Å². The summed E-state index contributed by atoms with van der Waals surface area (Å²) in [6, 6.07) is 7.66. The number of benzene rings is 1. The highest BCUT2D eigenvalue weighted by atomic mass is 79.9. The fourth-order valence-electron chi connectivity index (χ4n) is 2.22. The zero-order valence-electron chi connectivity index (χ0n) is 12.7. The first-order valence-electron chi connectivity index (χ1n) is 6.78. The minimum absolute atomic E-state index is 0.0141. The predicted octanol–water partition coefficient (Wildman–Crippen LogP) is 3.96. The van der Waals surface area contributed by atoms with Crippen molar-refractivity contribution >= 4 is 21.6 Å². The first kappa shape index (κ1) is 15.6. The average Bonchev–Trinajstić information content (AvgIpc) is 2.78. The molecule has 4 nitrogen and oxygen atoms in total. The summed E-state index contributed by atoms with van der Waals surface area (Å²) in [7, 11) is 1.94. The third-order valence-electron chi connectivity index (χ3n) is 3.18. The maximum Gasteiger partial charge on any atom is 0.0992 e. The van der Waals surface area contributed by atoms with Crippen LogP contribution in [0.25, 0.3) is 0 Å². The molecule has 0 bridgehead atoms. The first-order chi connectivity index (χ1) is 9.81. The monoisotopic (exact) mass is 346 g/mol. The van der Waals surface area contributed by atoms with Crippen LogP contribution in [0.1, 0.15) is 37.6 Å². The lowest BCUT2D eigenvalue weighted by Crippen LogP contribution is -2.16. The molecule has 0 fully saturated rings. The average molecular weight is 347 g/mol.